The maximum atomic E-state index is 10.3. The molecule has 0 fully saturated rings. The zero-order valence-corrected chi connectivity index (χ0v) is 8.15. The van der Waals surface area contributed by atoms with Crippen LogP contribution < -0.4 is 5.73 Å². The number of nitro groups is 1. The second-order valence-corrected chi connectivity index (χ2v) is 2.91. The third kappa shape index (κ3) is 2.62. The number of hydrogen-bond acceptors (Lipinski definition) is 5. The normalized spacial score (nSPS) is 10.7. The third-order valence-corrected chi connectivity index (χ3v) is 1.68. The molecule has 1 aromatic heterocycles. The van der Waals surface area contributed by atoms with E-state index in [0.717, 1.165) is 0 Å². The van der Waals surface area contributed by atoms with Gasteiger partial charge in [-0.05, 0) is 6.07 Å². The van der Waals surface area contributed by atoms with Gasteiger partial charge in [-0.1, -0.05) is 12.2 Å². The molecule has 0 saturated heterocycles. The number of rotatable bonds is 3. The van der Waals surface area contributed by atoms with Gasteiger partial charge in [0.15, 0.2) is 0 Å². The molecule has 1 aromatic rings. The average Bonchev–Trinajstić information content (AvgIpc) is 2.61. The zero-order chi connectivity index (χ0) is 11.4. The summed E-state index contributed by atoms with van der Waals surface area (Å²) in [5.74, 6) is -0.243. The molecule has 15 heavy (non-hydrogen) atoms. The van der Waals surface area contributed by atoms with Crippen LogP contribution in [0.2, 0.25) is 0 Å². The molecule has 0 aromatic carbocycles. The molecule has 1 rings (SSSR count). The van der Waals surface area contributed by atoms with E-state index in [1.807, 2.05) is 0 Å². The maximum absolute atomic E-state index is 10.3. The molecule has 0 unspecified atom stereocenters. The van der Waals surface area contributed by atoms with Crippen molar-refractivity contribution in [3.05, 3.63) is 33.6 Å². The largest absolute Gasteiger partial charge is 0.433 e. The van der Waals surface area contributed by atoms with E-state index in [4.69, 9.17) is 15.4 Å². The highest BCUT2D eigenvalue weighted by Gasteiger charge is 2.11. The molecule has 0 spiro atoms. The molecule has 6 nitrogen and oxygen atoms in total. The SMILES string of the molecule is N#C/C(=C/c1ccc([N+](=O)[O-])o1)C(N)=S. The Morgan fingerprint density at radius 2 is 2.40 bits per heavy atom. The fourth-order valence-electron chi connectivity index (χ4n) is 0.819. The molecule has 0 aliphatic carbocycles. The number of nitrogens with zero attached hydrogens (tertiary/aromatic N) is 2. The lowest BCUT2D eigenvalue weighted by Gasteiger charge is -1.90. The van der Waals surface area contributed by atoms with Crippen LogP contribution in [0.4, 0.5) is 5.88 Å². The predicted octanol–water partition coefficient (Wildman–Crippen LogP) is 1.38. The summed E-state index contributed by atoms with van der Waals surface area (Å²) in [6.45, 7) is 0. The van der Waals surface area contributed by atoms with Gasteiger partial charge in [0.05, 0.1) is 11.6 Å². The number of nitriles is 1. The summed E-state index contributed by atoms with van der Waals surface area (Å²) < 4.78 is 4.79. The number of nitrogens with two attached hydrogens (primary N) is 1. The monoisotopic (exact) mass is 223 g/mol. The first kappa shape index (κ1) is 10.9. The van der Waals surface area contributed by atoms with Crippen LogP contribution in [0.25, 0.3) is 6.08 Å². The second-order valence-electron chi connectivity index (χ2n) is 2.47. The lowest BCUT2D eigenvalue weighted by atomic mass is 10.2. The van der Waals surface area contributed by atoms with E-state index >= 15 is 0 Å². The zero-order valence-electron chi connectivity index (χ0n) is 7.34. The first-order valence-electron chi connectivity index (χ1n) is 3.70. The van der Waals surface area contributed by atoms with Crippen molar-refractivity contribution >= 4 is 29.2 Å². The Balaban J connectivity index is 3.04. The fraction of sp³-hybridized carbons (Fsp3) is 0. The first-order chi connectivity index (χ1) is 7.04. The second kappa shape index (κ2) is 4.34. The topological polar surface area (TPSA) is 106 Å². The van der Waals surface area contributed by atoms with Gasteiger partial charge in [-0.3, -0.25) is 10.1 Å². The fourth-order valence-corrected chi connectivity index (χ4v) is 0.923. The Kier molecular flexibility index (Phi) is 3.15. The summed E-state index contributed by atoms with van der Waals surface area (Å²) in [5, 5.41) is 18.9. The van der Waals surface area contributed by atoms with Crippen molar-refractivity contribution in [2.45, 2.75) is 0 Å². The molecule has 0 atom stereocenters. The van der Waals surface area contributed by atoms with E-state index in [0.29, 0.717) is 0 Å². The molecule has 76 valence electrons. The summed E-state index contributed by atoms with van der Waals surface area (Å²) in [6.07, 6.45) is 1.25. The van der Waals surface area contributed by atoms with Crippen LogP contribution >= 0.6 is 12.2 Å². The van der Waals surface area contributed by atoms with Crippen LogP contribution in [0.1, 0.15) is 5.76 Å². The quantitative estimate of drug-likeness (QED) is 0.273. The van der Waals surface area contributed by atoms with Crippen molar-refractivity contribution in [3.63, 3.8) is 0 Å². The summed E-state index contributed by atoms with van der Waals surface area (Å²) >= 11 is 4.59. The molecule has 2 N–H and O–H groups in total. The van der Waals surface area contributed by atoms with Crippen LogP contribution in [-0.4, -0.2) is 9.91 Å². The average molecular weight is 223 g/mol. The standard InChI is InChI=1S/C8H5N3O3S/c9-4-5(8(10)15)3-6-1-2-7(14-6)11(12)13/h1-3H,(H2,10,15)/b5-3-. The van der Waals surface area contributed by atoms with E-state index < -0.39 is 10.8 Å². The highest BCUT2D eigenvalue weighted by Crippen LogP contribution is 2.17. The third-order valence-electron chi connectivity index (χ3n) is 1.47. The van der Waals surface area contributed by atoms with Gasteiger partial charge in [0.25, 0.3) is 0 Å². The maximum Gasteiger partial charge on any atom is 0.433 e. The number of thiocarbonyl (C=S) groups is 1. The molecule has 0 aliphatic heterocycles. The van der Waals surface area contributed by atoms with Gasteiger partial charge in [0.2, 0.25) is 0 Å². The Morgan fingerprint density at radius 1 is 1.73 bits per heavy atom. The molecule has 0 aliphatic rings. The molecule has 0 amide bonds. The number of furan rings is 1. The summed E-state index contributed by atoms with van der Waals surface area (Å²) in [4.78, 5) is 9.52. The first-order valence-corrected chi connectivity index (χ1v) is 4.11. The smallest absolute Gasteiger partial charge is 0.401 e. The highest BCUT2D eigenvalue weighted by molar-refractivity contribution is 7.80. The molecule has 0 saturated carbocycles. The van der Waals surface area contributed by atoms with Crippen molar-refractivity contribution in [1.82, 2.24) is 0 Å². The van der Waals surface area contributed by atoms with Gasteiger partial charge in [-0.15, -0.1) is 0 Å². The minimum Gasteiger partial charge on any atom is -0.401 e. The van der Waals surface area contributed by atoms with Crippen LogP contribution in [0, 0.1) is 21.4 Å². The van der Waals surface area contributed by atoms with E-state index in [9.17, 15) is 10.1 Å². The molecule has 7 heteroatoms. The van der Waals surface area contributed by atoms with Crippen LogP contribution in [0.5, 0.6) is 0 Å². The van der Waals surface area contributed by atoms with Crippen LogP contribution in [-0.2, 0) is 0 Å². The van der Waals surface area contributed by atoms with E-state index in [-0.39, 0.29) is 16.3 Å². The van der Waals surface area contributed by atoms with E-state index in [1.54, 1.807) is 6.07 Å². The molecular formula is C8H5N3O3S. The van der Waals surface area contributed by atoms with Gasteiger partial charge < -0.3 is 10.2 Å². The molecule has 1 heterocycles. The highest BCUT2D eigenvalue weighted by atomic mass is 32.1. The van der Waals surface area contributed by atoms with Gasteiger partial charge in [0, 0.05) is 6.08 Å². The molecular weight excluding hydrogens is 218 g/mol. The van der Waals surface area contributed by atoms with E-state index in [1.165, 1.54) is 18.2 Å². The summed E-state index contributed by atoms with van der Waals surface area (Å²) in [6, 6.07) is 4.29. The van der Waals surface area contributed by atoms with Crippen LogP contribution in [0.15, 0.2) is 22.1 Å². The van der Waals surface area contributed by atoms with Crippen molar-refractivity contribution in [2.24, 2.45) is 5.73 Å². The molecule has 0 bridgehead atoms. The summed E-state index contributed by atoms with van der Waals surface area (Å²) in [5.41, 5.74) is 5.26. The van der Waals surface area contributed by atoms with Crippen molar-refractivity contribution in [1.29, 1.82) is 5.26 Å². The van der Waals surface area contributed by atoms with Crippen molar-refractivity contribution in [2.75, 3.05) is 0 Å². The van der Waals surface area contributed by atoms with Crippen molar-refractivity contribution < 1.29 is 9.34 Å². The van der Waals surface area contributed by atoms with Crippen LogP contribution in [0.3, 0.4) is 0 Å². The van der Waals surface area contributed by atoms with E-state index in [2.05, 4.69) is 12.2 Å². The lowest BCUT2D eigenvalue weighted by molar-refractivity contribution is -0.402. The molecule has 0 radical (unpaired) electrons. The Bertz CT molecular complexity index is 484. The van der Waals surface area contributed by atoms with Crippen molar-refractivity contribution in [3.8, 4) is 6.07 Å². The summed E-state index contributed by atoms with van der Waals surface area (Å²) in [7, 11) is 0. The van der Waals surface area contributed by atoms with Gasteiger partial charge in [0.1, 0.15) is 21.7 Å². The Hall–Kier alpha value is -2.20. The Morgan fingerprint density at radius 3 is 2.80 bits per heavy atom. The minimum absolute atomic E-state index is 0.0363. The van der Waals surface area contributed by atoms with Gasteiger partial charge in [-0.2, -0.15) is 5.26 Å². The van der Waals surface area contributed by atoms with Gasteiger partial charge >= 0.3 is 5.88 Å². The van der Waals surface area contributed by atoms with Gasteiger partial charge in [-0.25, -0.2) is 0 Å². The minimum atomic E-state index is -0.676. The Labute approximate surface area is 89.7 Å². The lowest BCUT2D eigenvalue weighted by Crippen LogP contribution is -2.09. The number of hydrogen-bond donors (Lipinski definition) is 1. The predicted molar refractivity (Wildman–Crippen MR) is 55.7 cm³/mol.